The van der Waals surface area contributed by atoms with Crippen LogP contribution in [-0.4, -0.2) is 19.1 Å². The average Bonchev–Trinajstić information content (AvgIpc) is 2.51. The van der Waals surface area contributed by atoms with Crippen LogP contribution in [0, 0.1) is 13.8 Å². The van der Waals surface area contributed by atoms with Gasteiger partial charge in [0.1, 0.15) is 11.5 Å². The lowest BCUT2D eigenvalue weighted by Crippen LogP contribution is -2.30. The molecule has 0 bridgehead atoms. The van der Waals surface area contributed by atoms with Crippen molar-refractivity contribution in [2.75, 3.05) is 12.4 Å². The number of hydrogen-bond acceptors (Lipinski definition) is 3. The fourth-order valence-electron chi connectivity index (χ4n) is 2.13. The lowest BCUT2D eigenvalue weighted by molar-refractivity contribution is -0.122. The summed E-state index contributed by atoms with van der Waals surface area (Å²) in [4.78, 5) is 12.2. The fraction of sp³-hybridized carbons (Fsp3) is 0.278. The van der Waals surface area contributed by atoms with Gasteiger partial charge in [0.2, 0.25) is 0 Å². The molecule has 0 aromatic heterocycles. The lowest BCUT2D eigenvalue weighted by atomic mass is 10.1. The van der Waals surface area contributed by atoms with Gasteiger partial charge in [-0.05, 0) is 56.2 Å². The smallest absolute Gasteiger partial charge is 0.265 e. The number of methoxy groups -OCH3 is 1. The maximum absolute atomic E-state index is 12.2. The number of benzene rings is 2. The molecule has 22 heavy (non-hydrogen) atoms. The molecule has 0 fully saturated rings. The van der Waals surface area contributed by atoms with Gasteiger partial charge in [0.25, 0.3) is 5.91 Å². The van der Waals surface area contributed by atoms with Crippen LogP contribution in [0.5, 0.6) is 11.5 Å². The van der Waals surface area contributed by atoms with Gasteiger partial charge in [-0.25, -0.2) is 0 Å². The van der Waals surface area contributed by atoms with Gasteiger partial charge in [-0.3, -0.25) is 4.79 Å². The van der Waals surface area contributed by atoms with Gasteiger partial charge in [-0.2, -0.15) is 0 Å². The van der Waals surface area contributed by atoms with Crippen molar-refractivity contribution in [1.82, 2.24) is 0 Å². The van der Waals surface area contributed by atoms with Crippen molar-refractivity contribution < 1.29 is 14.3 Å². The highest BCUT2D eigenvalue weighted by Gasteiger charge is 2.17. The Hall–Kier alpha value is -2.49. The van der Waals surface area contributed by atoms with Gasteiger partial charge in [0, 0.05) is 5.69 Å². The van der Waals surface area contributed by atoms with E-state index in [9.17, 15) is 4.79 Å². The number of nitrogens with one attached hydrogen (secondary N) is 1. The number of rotatable bonds is 5. The molecule has 0 heterocycles. The number of para-hydroxylation sites is 1. The van der Waals surface area contributed by atoms with Crippen LogP contribution in [0.4, 0.5) is 5.69 Å². The normalized spacial score (nSPS) is 11.6. The zero-order chi connectivity index (χ0) is 16.1. The van der Waals surface area contributed by atoms with Crippen molar-refractivity contribution in [1.29, 1.82) is 0 Å². The molecule has 116 valence electrons. The van der Waals surface area contributed by atoms with Crippen molar-refractivity contribution in [3.63, 3.8) is 0 Å². The summed E-state index contributed by atoms with van der Waals surface area (Å²) in [7, 11) is 1.61. The Labute approximate surface area is 131 Å². The number of anilines is 1. The second-order valence-corrected chi connectivity index (χ2v) is 5.20. The van der Waals surface area contributed by atoms with Crippen LogP contribution in [0.15, 0.2) is 42.5 Å². The van der Waals surface area contributed by atoms with Gasteiger partial charge in [-0.1, -0.05) is 18.2 Å². The van der Waals surface area contributed by atoms with E-state index in [0.29, 0.717) is 5.69 Å². The van der Waals surface area contributed by atoms with Crippen LogP contribution < -0.4 is 14.8 Å². The van der Waals surface area contributed by atoms with Crippen LogP contribution in [0.1, 0.15) is 18.1 Å². The molecule has 0 radical (unpaired) electrons. The molecule has 4 nitrogen and oxygen atoms in total. The fourth-order valence-corrected chi connectivity index (χ4v) is 2.13. The van der Waals surface area contributed by atoms with E-state index >= 15 is 0 Å². The van der Waals surface area contributed by atoms with E-state index in [0.717, 1.165) is 22.6 Å². The first-order chi connectivity index (χ1) is 10.5. The molecule has 2 aromatic rings. The number of aryl methyl sites for hydroxylation is 2. The molecular weight excluding hydrogens is 278 g/mol. The molecule has 2 rings (SSSR count). The number of hydrogen-bond donors (Lipinski definition) is 1. The van der Waals surface area contributed by atoms with Gasteiger partial charge in [0.15, 0.2) is 6.10 Å². The summed E-state index contributed by atoms with van der Waals surface area (Å²) >= 11 is 0. The summed E-state index contributed by atoms with van der Waals surface area (Å²) in [5, 5.41) is 2.83. The molecular formula is C18H21NO3. The third-order valence-electron chi connectivity index (χ3n) is 3.43. The molecule has 0 saturated heterocycles. The summed E-state index contributed by atoms with van der Waals surface area (Å²) < 4.78 is 10.9. The van der Waals surface area contributed by atoms with E-state index < -0.39 is 6.10 Å². The van der Waals surface area contributed by atoms with Crippen molar-refractivity contribution in [3.8, 4) is 11.5 Å². The van der Waals surface area contributed by atoms with Gasteiger partial charge in [0.05, 0.1) is 7.11 Å². The van der Waals surface area contributed by atoms with Crippen LogP contribution in [-0.2, 0) is 4.79 Å². The molecule has 0 spiro atoms. The SMILES string of the molecule is COc1ccc(NC(=O)[C@H](C)Oc2c(C)cccc2C)cc1. The minimum atomic E-state index is -0.582. The molecule has 1 atom stereocenters. The maximum atomic E-state index is 12.2. The monoisotopic (exact) mass is 299 g/mol. The second-order valence-electron chi connectivity index (χ2n) is 5.20. The Kier molecular flexibility index (Phi) is 5.04. The minimum Gasteiger partial charge on any atom is -0.497 e. The summed E-state index contributed by atoms with van der Waals surface area (Å²) in [5.41, 5.74) is 2.75. The standard InChI is InChI=1S/C18H21NO3/c1-12-6-5-7-13(2)17(12)22-14(3)18(20)19-15-8-10-16(21-4)11-9-15/h5-11,14H,1-4H3,(H,19,20)/t14-/m0/s1. The van der Waals surface area contributed by atoms with E-state index in [1.807, 2.05) is 32.0 Å². The van der Waals surface area contributed by atoms with Crippen molar-refractivity contribution in [2.24, 2.45) is 0 Å². The largest absolute Gasteiger partial charge is 0.497 e. The summed E-state index contributed by atoms with van der Waals surface area (Å²) in [6.07, 6.45) is -0.582. The van der Waals surface area contributed by atoms with Crippen molar-refractivity contribution >= 4 is 11.6 Å². The Morgan fingerprint density at radius 1 is 1.05 bits per heavy atom. The third kappa shape index (κ3) is 3.79. The zero-order valence-electron chi connectivity index (χ0n) is 13.3. The zero-order valence-corrected chi connectivity index (χ0v) is 13.3. The summed E-state index contributed by atoms with van der Waals surface area (Å²) in [6.45, 7) is 5.68. The second kappa shape index (κ2) is 6.98. The first kappa shape index (κ1) is 15.9. The van der Waals surface area contributed by atoms with Crippen molar-refractivity contribution in [3.05, 3.63) is 53.6 Å². The highest BCUT2D eigenvalue weighted by atomic mass is 16.5. The highest BCUT2D eigenvalue weighted by molar-refractivity contribution is 5.94. The van der Waals surface area contributed by atoms with Crippen LogP contribution >= 0.6 is 0 Å². The molecule has 1 N–H and O–H groups in total. The topological polar surface area (TPSA) is 47.6 Å². The quantitative estimate of drug-likeness (QED) is 0.915. The third-order valence-corrected chi connectivity index (χ3v) is 3.43. The molecule has 4 heteroatoms. The van der Waals surface area contributed by atoms with Gasteiger partial charge < -0.3 is 14.8 Å². The molecule has 2 aromatic carbocycles. The number of carbonyl (C=O) groups excluding carboxylic acids is 1. The van der Waals surface area contributed by atoms with Gasteiger partial charge in [-0.15, -0.1) is 0 Å². The summed E-state index contributed by atoms with van der Waals surface area (Å²) in [6, 6.07) is 13.1. The number of amides is 1. The lowest BCUT2D eigenvalue weighted by Gasteiger charge is -2.18. The predicted octanol–water partition coefficient (Wildman–Crippen LogP) is 3.72. The molecule has 0 aliphatic rings. The van der Waals surface area contributed by atoms with E-state index in [1.54, 1.807) is 38.3 Å². The van der Waals surface area contributed by atoms with Crippen molar-refractivity contribution in [2.45, 2.75) is 26.9 Å². The van der Waals surface area contributed by atoms with E-state index in [2.05, 4.69) is 5.32 Å². The number of carbonyl (C=O) groups is 1. The molecule has 1 amide bonds. The predicted molar refractivity (Wildman–Crippen MR) is 87.6 cm³/mol. The van der Waals surface area contributed by atoms with E-state index in [4.69, 9.17) is 9.47 Å². The van der Waals surface area contributed by atoms with Crippen LogP contribution in [0.3, 0.4) is 0 Å². The Morgan fingerprint density at radius 2 is 1.64 bits per heavy atom. The minimum absolute atomic E-state index is 0.187. The molecule has 0 aliphatic carbocycles. The Morgan fingerprint density at radius 3 is 2.18 bits per heavy atom. The first-order valence-electron chi connectivity index (χ1n) is 7.19. The number of ether oxygens (including phenoxy) is 2. The average molecular weight is 299 g/mol. The maximum Gasteiger partial charge on any atom is 0.265 e. The summed E-state index contributed by atoms with van der Waals surface area (Å²) in [5.74, 6) is 1.32. The molecule has 0 aliphatic heterocycles. The Bertz CT molecular complexity index is 630. The Balaban J connectivity index is 2.02. The first-order valence-corrected chi connectivity index (χ1v) is 7.19. The van der Waals surface area contributed by atoms with E-state index in [-0.39, 0.29) is 5.91 Å². The van der Waals surface area contributed by atoms with E-state index in [1.165, 1.54) is 0 Å². The van der Waals surface area contributed by atoms with Crippen LogP contribution in [0.2, 0.25) is 0 Å². The molecule has 0 unspecified atom stereocenters. The van der Waals surface area contributed by atoms with Gasteiger partial charge >= 0.3 is 0 Å². The molecule has 0 saturated carbocycles. The van der Waals surface area contributed by atoms with Crippen LogP contribution in [0.25, 0.3) is 0 Å². The highest BCUT2D eigenvalue weighted by Crippen LogP contribution is 2.24.